The average Bonchev–Trinajstić information content (AvgIpc) is 2.76. The van der Waals surface area contributed by atoms with Gasteiger partial charge in [0, 0.05) is 16.3 Å². The van der Waals surface area contributed by atoms with E-state index in [-0.39, 0.29) is 30.4 Å². The summed E-state index contributed by atoms with van der Waals surface area (Å²) in [5.41, 5.74) is 0. The summed E-state index contributed by atoms with van der Waals surface area (Å²) in [5.74, 6) is -0.144. The summed E-state index contributed by atoms with van der Waals surface area (Å²) in [6.07, 6.45) is 0. The predicted octanol–water partition coefficient (Wildman–Crippen LogP) is 0.322. The molecule has 0 saturated carbocycles. The molecule has 2 atom stereocenters. The first-order valence-corrected chi connectivity index (χ1v) is 6.74. The number of piperazine rings is 1. The Hall–Kier alpha value is -1.40. The first kappa shape index (κ1) is 13.0. The minimum Gasteiger partial charge on any atom is -0.353 e. The third kappa shape index (κ3) is 3.08. The highest BCUT2D eigenvalue weighted by Crippen LogP contribution is 2.22. The van der Waals surface area contributed by atoms with Crippen molar-refractivity contribution in [3.05, 3.63) is 21.9 Å². The largest absolute Gasteiger partial charge is 0.353 e. The molecule has 98 valence electrons. The van der Waals surface area contributed by atoms with Crippen molar-refractivity contribution in [3.8, 4) is 0 Å². The molecule has 0 radical (unpaired) electrons. The van der Waals surface area contributed by atoms with Crippen LogP contribution in [0.25, 0.3) is 0 Å². The minimum absolute atomic E-state index is 0.00405. The van der Waals surface area contributed by atoms with Gasteiger partial charge in [0.2, 0.25) is 11.8 Å². The Kier molecular flexibility index (Phi) is 3.98. The van der Waals surface area contributed by atoms with Crippen molar-refractivity contribution in [1.29, 1.82) is 0 Å². The molecule has 1 fully saturated rings. The number of hydrogen-bond donors (Lipinski definition) is 3. The molecule has 1 saturated heterocycles. The van der Waals surface area contributed by atoms with Gasteiger partial charge in [-0.05, 0) is 26.0 Å². The molecule has 0 aromatic carbocycles. The first-order chi connectivity index (χ1) is 8.56. The molecular weight excluding hydrogens is 250 g/mol. The van der Waals surface area contributed by atoms with Crippen LogP contribution >= 0.6 is 11.3 Å². The molecule has 1 aromatic heterocycles. The molecule has 2 heterocycles. The maximum atomic E-state index is 12.0. The Morgan fingerprint density at radius 3 is 2.89 bits per heavy atom. The Morgan fingerprint density at radius 1 is 1.56 bits per heavy atom. The third-order valence-electron chi connectivity index (χ3n) is 2.88. The number of thiophene rings is 1. The number of rotatable bonds is 3. The average molecular weight is 267 g/mol. The Labute approximate surface area is 110 Å². The van der Waals surface area contributed by atoms with Crippen molar-refractivity contribution < 1.29 is 9.59 Å². The van der Waals surface area contributed by atoms with E-state index in [0.717, 1.165) is 4.88 Å². The van der Waals surface area contributed by atoms with Gasteiger partial charge in [-0.25, -0.2) is 0 Å². The van der Waals surface area contributed by atoms with E-state index in [1.807, 2.05) is 26.0 Å². The van der Waals surface area contributed by atoms with Crippen LogP contribution in [0, 0.1) is 6.92 Å². The maximum Gasteiger partial charge on any atom is 0.239 e. The van der Waals surface area contributed by atoms with Crippen LogP contribution in [-0.2, 0) is 9.59 Å². The van der Waals surface area contributed by atoms with Crippen LogP contribution in [0.4, 0.5) is 0 Å². The van der Waals surface area contributed by atoms with Crippen molar-refractivity contribution >= 4 is 23.2 Å². The van der Waals surface area contributed by atoms with E-state index in [0.29, 0.717) is 6.54 Å². The molecule has 18 heavy (non-hydrogen) atoms. The zero-order valence-electron chi connectivity index (χ0n) is 10.4. The number of nitrogens with one attached hydrogen (secondary N) is 3. The molecule has 1 aliphatic rings. The molecule has 0 bridgehead atoms. The lowest BCUT2D eigenvalue weighted by atomic mass is 10.2. The van der Waals surface area contributed by atoms with E-state index >= 15 is 0 Å². The second-order valence-electron chi connectivity index (χ2n) is 4.42. The van der Waals surface area contributed by atoms with Gasteiger partial charge in [-0.1, -0.05) is 0 Å². The minimum atomic E-state index is -0.341. The van der Waals surface area contributed by atoms with E-state index in [4.69, 9.17) is 0 Å². The molecular formula is C12H17N3O2S. The van der Waals surface area contributed by atoms with Crippen LogP contribution in [0.2, 0.25) is 0 Å². The second-order valence-corrected chi connectivity index (χ2v) is 5.74. The summed E-state index contributed by atoms with van der Waals surface area (Å²) < 4.78 is 0. The Balaban J connectivity index is 1.89. The predicted molar refractivity (Wildman–Crippen MR) is 70.4 cm³/mol. The molecule has 2 amide bonds. The van der Waals surface area contributed by atoms with E-state index in [1.54, 1.807) is 11.3 Å². The summed E-state index contributed by atoms with van der Waals surface area (Å²) >= 11 is 1.68. The van der Waals surface area contributed by atoms with Crippen LogP contribution in [0.5, 0.6) is 0 Å². The van der Waals surface area contributed by atoms with Gasteiger partial charge in [-0.15, -0.1) is 11.3 Å². The summed E-state index contributed by atoms with van der Waals surface area (Å²) in [5, 5.41) is 8.53. The normalized spacial score (nSPS) is 21.2. The SMILES string of the molecule is Cc1ccc(C(C)NC(=O)C2CNC(=O)CN2)s1. The van der Waals surface area contributed by atoms with Gasteiger partial charge in [0.25, 0.3) is 0 Å². The van der Waals surface area contributed by atoms with E-state index in [1.165, 1.54) is 4.88 Å². The van der Waals surface area contributed by atoms with Crippen LogP contribution < -0.4 is 16.0 Å². The maximum absolute atomic E-state index is 12.0. The number of aryl methyl sites for hydroxylation is 1. The number of carbonyl (C=O) groups excluding carboxylic acids is 2. The quantitative estimate of drug-likeness (QED) is 0.739. The molecule has 6 heteroatoms. The van der Waals surface area contributed by atoms with E-state index in [9.17, 15) is 9.59 Å². The Bertz CT molecular complexity index is 448. The Morgan fingerprint density at radius 2 is 2.33 bits per heavy atom. The van der Waals surface area contributed by atoms with Crippen LogP contribution in [0.1, 0.15) is 22.7 Å². The van der Waals surface area contributed by atoms with Gasteiger partial charge in [0.1, 0.15) is 6.04 Å². The molecule has 1 aliphatic heterocycles. The van der Waals surface area contributed by atoms with Crippen molar-refractivity contribution in [2.75, 3.05) is 13.1 Å². The highest BCUT2D eigenvalue weighted by atomic mass is 32.1. The van der Waals surface area contributed by atoms with Gasteiger partial charge in [0.05, 0.1) is 12.6 Å². The molecule has 0 spiro atoms. The van der Waals surface area contributed by atoms with E-state index in [2.05, 4.69) is 16.0 Å². The van der Waals surface area contributed by atoms with E-state index < -0.39 is 0 Å². The fraction of sp³-hybridized carbons (Fsp3) is 0.500. The second kappa shape index (κ2) is 5.49. The smallest absolute Gasteiger partial charge is 0.239 e. The lowest BCUT2D eigenvalue weighted by molar-refractivity contribution is -0.127. The summed E-state index contributed by atoms with van der Waals surface area (Å²) in [7, 11) is 0. The number of amides is 2. The third-order valence-corrected chi connectivity index (χ3v) is 4.06. The monoisotopic (exact) mass is 267 g/mol. The summed E-state index contributed by atoms with van der Waals surface area (Å²) in [6.45, 7) is 4.55. The standard InChI is InChI=1S/C12H17N3O2S/c1-7-3-4-10(18-7)8(2)15-12(17)9-5-14-11(16)6-13-9/h3-4,8-9,13H,5-6H2,1-2H3,(H,14,16)(H,15,17). The zero-order chi connectivity index (χ0) is 13.1. The van der Waals surface area contributed by atoms with Gasteiger partial charge in [-0.3, -0.25) is 14.9 Å². The summed E-state index contributed by atoms with van der Waals surface area (Å²) in [6, 6.07) is 3.73. The van der Waals surface area contributed by atoms with Crippen LogP contribution in [-0.4, -0.2) is 30.9 Å². The highest BCUT2D eigenvalue weighted by Gasteiger charge is 2.24. The van der Waals surface area contributed by atoms with Crippen molar-refractivity contribution in [2.24, 2.45) is 0 Å². The highest BCUT2D eigenvalue weighted by molar-refractivity contribution is 7.12. The number of carbonyl (C=O) groups is 2. The fourth-order valence-electron chi connectivity index (χ4n) is 1.82. The van der Waals surface area contributed by atoms with Gasteiger partial charge >= 0.3 is 0 Å². The van der Waals surface area contributed by atoms with Crippen LogP contribution in [0.15, 0.2) is 12.1 Å². The topological polar surface area (TPSA) is 70.2 Å². The van der Waals surface area contributed by atoms with Crippen molar-refractivity contribution in [2.45, 2.75) is 25.9 Å². The zero-order valence-corrected chi connectivity index (χ0v) is 11.3. The fourth-order valence-corrected chi connectivity index (χ4v) is 2.70. The van der Waals surface area contributed by atoms with Crippen molar-refractivity contribution in [1.82, 2.24) is 16.0 Å². The molecule has 2 unspecified atom stereocenters. The van der Waals surface area contributed by atoms with Crippen LogP contribution in [0.3, 0.4) is 0 Å². The molecule has 1 aromatic rings. The molecule has 5 nitrogen and oxygen atoms in total. The molecule has 2 rings (SSSR count). The van der Waals surface area contributed by atoms with Gasteiger partial charge in [-0.2, -0.15) is 0 Å². The lowest BCUT2D eigenvalue weighted by Crippen LogP contribution is -2.58. The van der Waals surface area contributed by atoms with Crippen molar-refractivity contribution in [3.63, 3.8) is 0 Å². The van der Waals surface area contributed by atoms with Gasteiger partial charge in [0.15, 0.2) is 0 Å². The van der Waals surface area contributed by atoms with Gasteiger partial charge < -0.3 is 10.6 Å². The molecule has 3 N–H and O–H groups in total. The summed E-state index contributed by atoms with van der Waals surface area (Å²) in [4.78, 5) is 25.3. The molecule has 0 aliphatic carbocycles. The number of hydrogen-bond acceptors (Lipinski definition) is 4. The first-order valence-electron chi connectivity index (χ1n) is 5.93. The lowest BCUT2D eigenvalue weighted by Gasteiger charge is -2.24.